The van der Waals surface area contributed by atoms with Crippen LogP contribution in [0.25, 0.3) is 28.5 Å². The minimum atomic E-state index is 0.471. The molecule has 7 nitrogen and oxygen atoms in total. The second-order valence-electron chi connectivity index (χ2n) is 5.74. The fraction of sp³-hybridized carbons (Fsp3) is 0.118. The van der Waals surface area contributed by atoms with Crippen molar-refractivity contribution in [2.75, 3.05) is 0 Å². The lowest BCUT2D eigenvalue weighted by Gasteiger charge is -2.13. The molecule has 116 valence electrons. The highest BCUT2D eigenvalue weighted by molar-refractivity contribution is 5.69. The number of pyridine rings is 1. The molecule has 1 aromatic carbocycles. The first kappa shape index (κ1) is 13.1. The molecule has 1 N–H and O–H groups in total. The lowest BCUT2D eigenvalue weighted by Crippen LogP contribution is -2.01. The van der Waals surface area contributed by atoms with Crippen LogP contribution in [0.2, 0.25) is 0 Å². The van der Waals surface area contributed by atoms with E-state index in [2.05, 4.69) is 56.1 Å². The second kappa shape index (κ2) is 5.09. The van der Waals surface area contributed by atoms with Gasteiger partial charge in [-0.15, -0.1) is 10.2 Å². The summed E-state index contributed by atoms with van der Waals surface area (Å²) in [6, 6.07) is 12.3. The zero-order valence-corrected chi connectivity index (χ0v) is 12.7. The molecule has 0 aliphatic heterocycles. The van der Waals surface area contributed by atoms with E-state index < -0.39 is 0 Å². The third kappa shape index (κ3) is 2.02. The van der Waals surface area contributed by atoms with Gasteiger partial charge in [0.15, 0.2) is 0 Å². The summed E-state index contributed by atoms with van der Waals surface area (Å²) in [6.45, 7) is 0. The molecule has 7 heteroatoms. The van der Waals surface area contributed by atoms with E-state index in [1.165, 1.54) is 16.7 Å². The van der Waals surface area contributed by atoms with Gasteiger partial charge in [0.2, 0.25) is 5.82 Å². The van der Waals surface area contributed by atoms with E-state index in [0.717, 1.165) is 24.2 Å². The Kier molecular flexibility index (Phi) is 2.78. The normalized spacial score (nSPS) is 12.7. The number of nitrogens with one attached hydrogen (secondary N) is 1. The van der Waals surface area contributed by atoms with Crippen LogP contribution in [0.15, 0.2) is 48.8 Å². The highest BCUT2D eigenvalue weighted by atomic mass is 15.5. The van der Waals surface area contributed by atoms with Crippen LogP contribution in [0.4, 0.5) is 0 Å². The number of H-pyrrole nitrogens is 1. The van der Waals surface area contributed by atoms with Gasteiger partial charge in [-0.05, 0) is 41.3 Å². The zero-order valence-electron chi connectivity index (χ0n) is 12.7. The molecule has 0 amide bonds. The average Bonchev–Trinajstić information content (AvgIpc) is 3.31. The van der Waals surface area contributed by atoms with Crippen LogP contribution in [-0.2, 0) is 12.8 Å². The summed E-state index contributed by atoms with van der Waals surface area (Å²) in [5.74, 6) is 0.471. The van der Waals surface area contributed by atoms with Gasteiger partial charge in [0.25, 0.3) is 0 Å². The number of hydrogen-bond acceptors (Lipinski definition) is 5. The first-order chi connectivity index (χ1) is 11.9. The van der Waals surface area contributed by atoms with Crippen molar-refractivity contribution in [3.8, 4) is 28.5 Å². The molecule has 24 heavy (non-hydrogen) atoms. The molecule has 0 saturated heterocycles. The Morgan fingerprint density at radius 2 is 1.96 bits per heavy atom. The van der Waals surface area contributed by atoms with Crippen molar-refractivity contribution in [2.24, 2.45) is 0 Å². The van der Waals surface area contributed by atoms with Crippen molar-refractivity contribution in [3.63, 3.8) is 0 Å². The zero-order chi connectivity index (χ0) is 15.9. The third-order valence-electron chi connectivity index (χ3n) is 4.31. The molecule has 0 atom stereocenters. The number of rotatable bonds is 2. The van der Waals surface area contributed by atoms with Crippen molar-refractivity contribution in [1.82, 2.24) is 35.4 Å². The second-order valence-corrected chi connectivity index (χ2v) is 5.74. The molecule has 4 aromatic rings. The quantitative estimate of drug-likeness (QED) is 0.613. The first-order valence-electron chi connectivity index (χ1n) is 7.75. The van der Waals surface area contributed by atoms with Gasteiger partial charge in [0, 0.05) is 18.0 Å². The monoisotopic (exact) mass is 315 g/mol. The predicted octanol–water partition coefficient (Wildman–Crippen LogP) is 2.21. The van der Waals surface area contributed by atoms with E-state index >= 15 is 0 Å². The van der Waals surface area contributed by atoms with Crippen molar-refractivity contribution in [2.45, 2.75) is 12.8 Å². The first-order valence-corrected chi connectivity index (χ1v) is 7.75. The Bertz CT molecular complexity index is 1020. The van der Waals surface area contributed by atoms with Crippen molar-refractivity contribution in [1.29, 1.82) is 0 Å². The molecule has 0 unspecified atom stereocenters. The summed E-state index contributed by atoms with van der Waals surface area (Å²) in [6.07, 6.45) is 5.89. The standard InChI is InChI=1S/C17H13N7/c1-2-4-14-11(3-1)5-6-12-10-24(21-16(12)14)13-7-8-18-15(9-13)17-19-22-23-20-17/h1-4,7-10H,5-6H2,(H,19,20,22,23). The molecule has 1 aliphatic rings. The smallest absolute Gasteiger partial charge is 0.223 e. The number of aromatic amines is 1. The number of aromatic nitrogens is 7. The number of hydrogen-bond donors (Lipinski definition) is 1. The van der Waals surface area contributed by atoms with Gasteiger partial charge in [-0.2, -0.15) is 10.3 Å². The fourth-order valence-electron chi connectivity index (χ4n) is 3.14. The molecular weight excluding hydrogens is 302 g/mol. The van der Waals surface area contributed by atoms with Crippen molar-refractivity contribution >= 4 is 0 Å². The van der Waals surface area contributed by atoms with E-state index in [1.807, 2.05) is 16.8 Å². The van der Waals surface area contributed by atoms with Crippen LogP contribution in [0.3, 0.4) is 0 Å². The maximum atomic E-state index is 4.81. The number of benzene rings is 1. The third-order valence-corrected chi connectivity index (χ3v) is 4.31. The van der Waals surface area contributed by atoms with Crippen LogP contribution in [0.1, 0.15) is 11.1 Å². The van der Waals surface area contributed by atoms with E-state index in [0.29, 0.717) is 11.5 Å². The highest BCUT2D eigenvalue weighted by Crippen LogP contribution is 2.32. The van der Waals surface area contributed by atoms with Crippen LogP contribution in [0.5, 0.6) is 0 Å². The molecule has 0 bridgehead atoms. The molecular formula is C17H13N7. The lowest BCUT2D eigenvalue weighted by molar-refractivity contribution is 0.881. The lowest BCUT2D eigenvalue weighted by atomic mass is 9.91. The van der Waals surface area contributed by atoms with Crippen LogP contribution >= 0.6 is 0 Å². The maximum Gasteiger partial charge on any atom is 0.223 e. The molecule has 3 aromatic heterocycles. The number of tetrazole rings is 1. The van der Waals surface area contributed by atoms with Crippen LogP contribution in [-0.4, -0.2) is 35.4 Å². The largest absolute Gasteiger partial charge is 0.253 e. The highest BCUT2D eigenvalue weighted by Gasteiger charge is 2.20. The maximum absolute atomic E-state index is 4.81. The number of fused-ring (bicyclic) bond motifs is 3. The molecule has 3 heterocycles. The van der Waals surface area contributed by atoms with Crippen molar-refractivity contribution < 1.29 is 0 Å². The van der Waals surface area contributed by atoms with Gasteiger partial charge in [-0.3, -0.25) is 4.98 Å². The summed E-state index contributed by atoms with van der Waals surface area (Å²) in [5, 5.41) is 18.8. The van der Waals surface area contributed by atoms with Crippen LogP contribution < -0.4 is 0 Å². The predicted molar refractivity (Wildman–Crippen MR) is 87.4 cm³/mol. The number of aryl methyl sites for hydroxylation is 2. The Labute approximate surface area is 137 Å². The SMILES string of the molecule is c1ccc2c(c1)CCc1cn(-c3ccnc(-c4nn[nH]n4)c3)nc1-2. The summed E-state index contributed by atoms with van der Waals surface area (Å²) >= 11 is 0. The Morgan fingerprint density at radius 1 is 1.04 bits per heavy atom. The van der Waals surface area contributed by atoms with E-state index in [1.54, 1.807) is 6.20 Å². The van der Waals surface area contributed by atoms with Gasteiger partial charge in [0.1, 0.15) is 5.69 Å². The Morgan fingerprint density at radius 3 is 2.88 bits per heavy atom. The molecule has 0 fully saturated rings. The average molecular weight is 315 g/mol. The van der Waals surface area contributed by atoms with Crippen molar-refractivity contribution in [3.05, 3.63) is 59.9 Å². The van der Waals surface area contributed by atoms with Gasteiger partial charge in [0.05, 0.1) is 11.4 Å². The van der Waals surface area contributed by atoms with E-state index in [4.69, 9.17) is 5.10 Å². The minimum Gasteiger partial charge on any atom is -0.253 e. The molecule has 0 spiro atoms. The van der Waals surface area contributed by atoms with Gasteiger partial charge < -0.3 is 0 Å². The molecule has 5 rings (SSSR count). The van der Waals surface area contributed by atoms with Gasteiger partial charge in [-0.1, -0.05) is 24.3 Å². The molecule has 0 saturated carbocycles. The fourth-order valence-corrected chi connectivity index (χ4v) is 3.14. The van der Waals surface area contributed by atoms with E-state index in [-0.39, 0.29) is 0 Å². The molecule has 1 aliphatic carbocycles. The number of nitrogens with zero attached hydrogens (tertiary/aromatic N) is 6. The molecule has 0 radical (unpaired) electrons. The summed E-state index contributed by atoms with van der Waals surface area (Å²) in [4.78, 5) is 4.30. The minimum absolute atomic E-state index is 0.471. The summed E-state index contributed by atoms with van der Waals surface area (Å²) in [5.41, 5.74) is 6.51. The topological polar surface area (TPSA) is 85.2 Å². The van der Waals surface area contributed by atoms with Gasteiger partial charge in [-0.25, -0.2) is 4.68 Å². The Hall–Kier alpha value is -3.35. The Balaban J connectivity index is 1.61. The van der Waals surface area contributed by atoms with E-state index in [9.17, 15) is 0 Å². The van der Waals surface area contributed by atoms with Gasteiger partial charge >= 0.3 is 0 Å². The van der Waals surface area contributed by atoms with Crippen LogP contribution in [0, 0.1) is 0 Å². The summed E-state index contributed by atoms with van der Waals surface area (Å²) < 4.78 is 1.90. The summed E-state index contributed by atoms with van der Waals surface area (Å²) in [7, 11) is 0.